The van der Waals surface area contributed by atoms with Gasteiger partial charge in [0.25, 0.3) is 5.91 Å². The molecule has 1 aromatic carbocycles. The van der Waals surface area contributed by atoms with Crippen LogP contribution in [-0.4, -0.2) is 36.9 Å². The lowest BCUT2D eigenvalue weighted by Gasteiger charge is -2.40. The van der Waals surface area contributed by atoms with Crippen LogP contribution in [0.15, 0.2) is 48.9 Å². The summed E-state index contributed by atoms with van der Waals surface area (Å²) < 4.78 is 1.78. The minimum atomic E-state index is -0.868. The van der Waals surface area contributed by atoms with Crippen molar-refractivity contribution in [1.82, 2.24) is 19.5 Å². The number of anilines is 2. The van der Waals surface area contributed by atoms with Crippen molar-refractivity contribution in [2.45, 2.75) is 31.7 Å². The molecule has 4 heterocycles. The number of hydrogen-bond donors (Lipinski definition) is 1. The first-order chi connectivity index (χ1) is 13.6. The van der Waals surface area contributed by atoms with Crippen LogP contribution >= 0.6 is 0 Å². The Labute approximate surface area is 161 Å². The topological polar surface area (TPSA) is 93.0 Å². The third kappa shape index (κ3) is 2.20. The zero-order valence-corrected chi connectivity index (χ0v) is 15.3. The van der Waals surface area contributed by atoms with Crippen molar-refractivity contribution < 1.29 is 9.59 Å². The van der Waals surface area contributed by atoms with E-state index in [-0.39, 0.29) is 11.8 Å². The van der Waals surface area contributed by atoms with E-state index in [0.717, 1.165) is 5.56 Å². The monoisotopic (exact) mass is 374 g/mol. The van der Waals surface area contributed by atoms with Crippen LogP contribution in [0.25, 0.3) is 17.3 Å². The van der Waals surface area contributed by atoms with E-state index in [1.165, 1.54) is 0 Å². The predicted octanol–water partition coefficient (Wildman–Crippen LogP) is 2.56. The van der Waals surface area contributed by atoms with Crippen molar-refractivity contribution in [1.29, 1.82) is 0 Å². The Morgan fingerprint density at radius 1 is 1.18 bits per heavy atom. The molecule has 1 atom stereocenters. The largest absolute Gasteiger partial charge is 0.320 e. The van der Waals surface area contributed by atoms with E-state index in [2.05, 4.69) is 20.3 Å². The van der Waals surface area contributed by atoms with Gasteiger partial charge in [-0.1, -0.05) is 37.3 Å². The normalized spacial score (nSPS) is 20.7. The van der Waals surface area contributed by atoms with Gasteiger partial charge in [-0.2, -0.15) is 4.98 Å². The number of nitrogens with one attached hydrogen (secondary N) is 1. The number of fused-ring (bicyclic) bond motifs is 3. The summed E-state index contributed by atoms with van der Waals surface area (Å²) in [6, 6.07) is 9.75. The molecule has 1 fully saturated rings. The highest BCUT2D eigenvalue weighted by molar-refractivity contribution is 6.15. The third-order valence-electron chi connectivity index (χ3n) is 5.54. The number of nitrogens with zero attached hydrogens (tertiary/aromatic N) is 5. The maximum Gasteiger partial charge on any atom is 0.250 e. The van der Waals surface area contributed by atoms with Gasteiger partial charge in [-0.15, -0.1) is 0 Å². The van der Waals surface area contributed by atoms with E-state index in [4.69, 9.17) is 0 Å². The van der Waals surface area contributed by atoms with Crippen molar-refractivity contribution in [3.8, 4) is 17.3 Å². The first-order valence-corrected chi connectivity index (χ1v) is 9.25. The van der Waals surface area contributed by atoms with Crippen molar-refractivity contribution in [2.24, 2.45) is 0 Å². The van der Waals surface area contributed by atoms with Crippen LogP contribution in [-0.2, 0) is 9.59 Å². The first-order valence-electron chi connectivity index (χ1n) is 9.25. The molecule has 28 heavy (non-hydrogen) atoms. The molecule has 0 aliphatic carbocycles. The standard InChI is InChI=1S/C20H18N6O2/c1-2-20-9-8-15(27)26(20)17-14(23-18(20)28)12-22-19(24-17)25-11-10-21-16(25)13-6-4-3-5-7-13/h3-7,10-12H,2,8-9H2,1H3,(H,23,28). The molecule has 0 spiro atoms. The molecule has 0 saturated carbocycles. The minimum absolute atomic E-state index is 0.0866. The summed E-state index contributed by atoms with van der Waals surface area (Å²) in [6.07, 6.45) is 6.38. The second-order valence-corrected chi connectivity index (χ2v) is 6.96. The Hall–Kier alpha value is -3.55. The number of imidazole rings is 1. The molecule has 1 saturated heterocycles. The number of rotatable bonds is 3. The molecule has 3 aromatic rings. The Morgan fingerprint density at radius 3 is 2.79 bits per heavy atom. The number of amides is 2. The Kier molecular flexibility index (Phi) is 3.55. The number of aromatic nitrogens is 4. The van der Waals surface area contributed by atoms with Crippen LogP contribution in [0.3, 0.4) is 0 Å². The highest BCUT2D eigenvalue weighted by Gasteiger charge is 2.54. The molecule has 2 amide bonds. The fraction of sp³-hybridized carbons (Fsp3) is 0.250. The van der Waals surface area contributed by atoms with E-state index in [1.54, 1.807) is 28.1 Å². The fourth-order valence-electron chi connectivity index (χ4n) is 4.05. The van der Waals surface area contributed by atoms with Gasteiger partial charge in [0.2, 0.25) is 11.9 Å². The summed E-state index contributed by atoms with van der Waals surface area (Å²) in [5.41, 5.74) is 0.518. The van der Waals surface area contributed by atoms with Crippen LogP contribution in [0.2, 0.25) is 0 Å². The van der Waals surface area contributed by atoms with Gasteiger partial charge in [-0.05, 0) is 12.8 Å². The predicted molar refractivity (Wildman–Crippen MR) is 103 cm³/mol. The van der Waals surface area contributed by atoms with E-state index in [1.807, 2.05) is 37.3 Å². The first kappa shape index (κ1) is 16.6. The van der Waals surface area contributed by atoms with Gasteiger partial charge in [-0.25, -0.2) is 9.97 Å². The zero-order chi connectivity index (χ0) is 19.3. The molecule has 2 aliphatic heterocycles. The average molecular weight is 374 g/mol. The highest BCUT2D eigenvalue weighted by Crippen LogP contribution is 2.44. The summed E-state index contributed by atoms with van der Waals surface area (Å²) in [7, 11) is 0. The molecule has 0 bridgehead atoms. The highest BCUT2D eigenvalue weighted by atomic mass is 16.2. The van der Waals surface area contributed by atoms with Crippen LogP contribution < -0.4 is 10.2 Å². The van der Waals surface area contributed by atoms with Gasteiger partial charge < -0.3 is 5.32 Å². The molecule has 1 N–H and O–H groups in total. The molecular weight excluding hydrogens is 356 g/mol. The molecule has 2 aromatic heterocycles. The molecule has 2 aliphatic rings. The van der Waals surface area contributed by atoms with E-state index >= 15 is 0 Å². The van der Waals surface area contributed by atoms with Crippen LogP contribution in [0.4, 0.5) is 11.5 Å². The molecule has 5 rings (SSSR count). The van der Waals surface area contributed by atoms with Crippen LogP contribution in [0.1, 0.15) is 26.2 Å². The Bertz CT molecular complexity index is 1090. The SMILES string of the molecule is CCC12CCC(=O)N1c1nc(-n3ccnc3-c3ccccc3)ncc1NC2=O. The average Bonchev–Trinajstić information content (AvgIpc) is 3.35. The lowest BCUT2D eigenvalue weighted by atomic mass is 9.90. The van der Waals surface area contributed by atoms with E-state index in [9.17, 15) is 9.59 Å². The lowest BCUT2D eigenvalue weighted by Crippen LogP contribution is -2.57. The molecule has 0 radical (unpaired) electrons. The van der Waals surface area contributed by atoms with E-state index < -0.39 is 5.54 Å². The molecule has 8 nitrogen and oxygen atoms in total. The fourth-order valence-corrected chi connectivity index (χ4v) is 4.05. The Balaban J connectivity index is 1.65. The van der Waals surface area contributed by atoms with Gasteiger partial charge in [-0.3, -0.25) is 19.1 Å². The van der Waals surface area contributed by atoms with E-state index in [0.29, 0.717) is 42.5 Å². The molecule has 1 unspecified atom stereocenters. The summed E-state index contributed by atoms with van der Waals surface area (Å²) >= 11 is 0. The van der Waals surface area contributed by atoms with Gasteiger partial charge >= 0.3 is 0 Å². The number of carbonyl (C=O) groups excluding carboxylic acids is 2. The summed E-state index contributed by atoms with van der Waals surface area (Å²) in [4.78, 5) is 40.4. The smallest absolute Gasteiger partial charge is 0.250 e. The number of hydrogen-bond acceptors (Lipinski definition) is 5. The van der Waals surface area contributed by atoms with Gasteiger partial charge in [0.1, 0.15) is 17.1 Å². The van der Waals surface area contributed by atoms with Crippen LogP contribution in [0, 0.1) is 0 Å². The number of carbonyl (C=O) groups is 2. The second-order valence-electron chi connectivity index (χ2n) is 6.96. The maximum atomic E-state index is 12.7. The number of benzene rings is 1. The maximum absolute atomic E-state index is 12.7. The van der Waals surface area contributed by atoms with Crippen molar-refractivity contribution >= 4 is 23.3 Å². The molecule has 140 valence electrons. The molecular formula is C20H18N6O2. The minimum Gasteiger partial charge on any atom is -0.320 e. The quantitative estimate of drug-likeness (QED) is 0.760. The second kappa shape index (κ2) is 5.98. The van der Waals surface area contributed by atoms with Gasteiger partial charge in [0.15, 0.2) is 5.82 Å². The zero-order valence-electron chi connectivity index (χ0n) is 15.3. The molecule has 8 heteroatoms. The Morgan fingerprint density at radius 2 is 2.00 bits per heavy atom. The van der Waals surface area contributed by atoms with Crippen molar-refractivity contribution in [3.63, 3.8) is 0 Å². The third-order valence-corrected chi connectivity index (χ3v) is 5.54. The van der Waals surface area contributed by atoms with Crippen LogP contribution in [0.5, 0.6) is 0 Å². The van der Waals surface area contributed by atoms with Crippen molar-refractivity contribution in [2.75, 3.05) is 10.2 Å². The van der Waals surface area contributed by atoms with Gasteiger partial charge in [0.05, 0.1) is 6.20 Å². The summed E-state index contributed by atoms with van der Waals surface area (Å²) in [5.74, 6) is 1.29. The van der Waals surface area contributed by atoms with Crippen molar-refractivity contribution in [3.05, 3.63) is 48.9 Å². The lowest BCUT2D eigenvalue weighted by molar-refractivity contribution is -0.124. The summed E-state index contributed by atoms with van der Waals surface area (Å²) in [6.45, 7) is 1.92. The van der Waals surface area contributed by atoms with Gasteiger partial charge in [0, 0.05) is 24.4 Å². The summed E-state index contributed by atoms with van der Waals surface area (Å²) in [5, 5.41) is 2.88.